The van der Waals surface area contributed by atoms with E-state index in [9.17, 15) is 4.79 Å². The normalized spacial score (nSPS) is 13.4. The maximum Gasteiger partial charge on any atom is 0.272 e. The molecule has 0 unspecified atom stereocenters. The van der Waals surface area contributed by atoms with Gasteiger partial charge in [-0.2, -0.15) is 5.10 Å². The Balaban J connectivity index is 0.00000147. The van der Waals surface area contributed by atoms with Crippen molar-refractivity contribution in [2.45, 2.75) is 26.4 Å². The van der Waals surface area contributed by atoms with Crippen molar-refractivity contribution in [3.8, 4) is 0 Å². The number of H-pyrrole nitrogens is 1. The van der Waals surface area contributed by atoms with Crippen LogP contribution in [-0.2, 0) is 19.5 Å². The molecule has 0 atom stereocenters. The average molecular weight is 298 g/mol. The number of hydrogen-bond donors (Lipinski definition) is 3. The highest BCUT2D eigenvalue weighted by atomic mass is 35.5. The third-order valence-corrected chi connectivity index (χ3v) is 3.12. The Morgan fingerprint density at radius 2 is 2.40 bits per heavy atom. The Hall–Kier alpha value is -1.86. The maximum absolute atomic E-state index is 12.1. The molecule has 0 saturated carbocycles. The van der Waals surface area contributed by atoms with Crippen LogP contribution in [-0.4, -0.2) is 27.8 Å². The lowest BCUT2D eigenvalue weighted by molar-refractivity contribution is 0.0941. The molecular weight excluding hydrogens is 282 g/mol. The monoisotopic (exact) mass is 297 g/mol. The van der Waals surface area contributed by atoms with Crippen molar-refractivity contribution in [1.29, 1.82) is 0 Å². The minimum atomic E-state index is -0.199. The summed E-state index contributed by atoms with van der Waals surface area (Å²) in [4.78, 5) is 12.1. The fourth-order valence-corrected chi connectivity index (χ4v) is 2.16. The lowest BCUT2D eigenvalue weighted by Crippen LogP contribution is -2.28. The van der Waals surface area contributed by atoms with Gasteiger partial charge in [0, 0.05) is 36.8 Å². The number of amides is 1. The van der Waals surface area contributed by atoms with Crippen molar-refractivity contribution in [3.63, 3.8) is 0 Å². The number of aryl methyl sites for hydroxylation is 1. The van der Waals surface area contributed by atoms with E-state index in [1.165, 1.54) is 0 Å². The van der Waals surface area contributed by atoms with Crippen LogP contribution in [0.25, 0.3) is 0 Å². The van der Waals surface area contributed by atoms with E-state index in [2.05, 4.69) is 26.0 Å². The first-order chi connectivity index (χ1) is 9.24. The van der Waals surface area contributed by atoms with E-state index in [0.29, 0.717) is 24.5 Å². The van der Waals surface area contributed by atoms with Gasteiger partial charge < -0.3 is 15.2 Å². The molecular formula is C12H16ClN5O2. The molecule has 0 spiro atoms. The lowest BCUT2D eigenvalue weighted by Gasteiger charge is -2.12. The van der Waals surface area contributed by atoms with Gasteiger partial charge in [0.05, 0.1) is 12.2 Å². The summed E-state index contributed by atoms with van der Waals surface area (Å²) in [5.41, 5.74) is 3.25. The molecule has 0 bridgehead atoms. The zero-order chi connectivity index (χ0) is 13.2. The number of halogens is 1. The van der Waals surface area contributed by atoms with Gasteiger partial charge in [-0.05, 0) is 6.92 Å². The van der Waals surface area contributed by atoms with Gasteiger partial charge in [0.25, 0.3) is 5.91 Å². The van der Waals surface area contributed by atoms with Gasteiger partial charge in [-0.15, -0.1) is 12.4 Å². The number of rotatable bonds is 3. The molecule has 20 heavy (non-hydrogen) atoms. The fraction of sp³-hybridized carbons (Fsp3) is 0.417. The SMILES string of the molecule is Cc1cc(CNC(=O)c2n[nH]c3c2CNCC3)on1.Cl. The minimum absolute atomic E-state index is 0. The highest BCUT2D eigenvalue weighted by Crippen LogP contribution is 2.15. The quantitative estimate of drug-likeness (QED) is 0.775. The van der Waals surface area contributed by atoms with Gasteiger partial charge in [-0.25, -0.2) is 0 Å². The van der Waals surface area contributed by atoms with Gasteiger partial charge in [0.2, 0.25) is 0 Å². The molecule has 0 radical (unpaired) electrons. The molecule has 0 aliphatic carbocycles. The number of carbonyl (C=O) groups is 1. The second-order valence-corrected chi connectivity index (χ2v) is 4.57. The Morgan fingerprint density at radius 1 is 1.55 bits per heavy atom. The molecule has 2 aromatic heterocycles. The van der Waals surface area contributed by atoms with Gasteiger partial charge in [0.15, 0.2) is 11.5 Å². The topological polar surface area (TPSA) is 95.8 Å². The molecule has 3 rings (SSSR count). The van der Waals surface area contributed by atoms with Crippen molar-refractivity contribution in [2.24, 2.45) is 0 Å². The summed E-state index contributed by atoms with van der Waals surface area (Å²) < 4.78 is 5.04. The summed E-state index contributed by atoms with van der Waals surface area (Å²) in [6.07, 6.45) is 0.872. The molecule has 3 heterocycles. The number of nitrogens with zero attached hydrogens (tertiary/aromatic N) is 2. The number of fused-ring (bicyclic) bond motifs is 1. The van der Waals surface area contributed by atoms with E-state index >= 15 is 0 Å². The van der Waals surface area contributed by atoms with E-state index in [4.69, 9.17) is 4.52 Å². The molecule has 0 aromatic carbocycles. The smallest absolute Gasteiger partial charge is 0.272 e. The summed E-state index contributed by atoms with van der Waals surface area (Å²) >= 11 is 0. The highest BCUT2D eigenvalue weighted by Gasteiger charge is 2.21. The van der Waals surface area contributed by atoms with E-state index in [0.717, 1.165) is 29.9 Å². The summed E-state index contributed by atoms with van der Waals surface area (Å²) in [7, 11) is 0. The van der Waals surface area contributed by atoms with Gasteiger partial charge in [0.1, 0.15) is 0 Å². The molecule has 8 heteroatoms. The largest absolute Gasteiger partial charge is 0.359 e. The second-order valence-electron chi connectivity index (χ2n) is 4.57. The molecule has 1 aliphatic rings. The lowest BCUT2D eigenvalue weighted by atomic mass is 10.1. The fourth-order valence-electron chi connectivity index (χ4n) is 2.16. The van der Waals surface area contributed by atoms with Crippen molar-refractivity contribution < 1.29 is 9.32 Å². The number of carbonyl (C=O) groups excluding carboxylic acids is 1. The first kappa shape index (κ1) is 14.5. The van der Waals surface area contributed by atoms with Crippen LogP contribution in [0.15, 0.2) is 10.6 Å². The van der Waals surface area contributed by atoms with Crippen LogP contribution in [0.4, 0.5) is 0 Å². The molecule has 1 aliphatic heterocycles. The zero-order valence-corrected chi connectivity index (χ0v) is 11.8. The Labute approximate surface area is 121 Å². The number of hydrogen-bond acceptors (Lipinski definition) is 5. The number of aromatic nitrogens is 3. The molecule has 0 saturated heterocycles. The first-order valence-electron chi connectivity index (χ1n) is 6.21. The summed E-state index contributed by atoms with van der Waals surface area (Å²) in [6.45, 7) is 3.74. The van der Waals surface area contributed by atoms with Gasteiger partial charge in [-0.1, -0.05) is 5.16 Å². The average Bonchev–Trinajstić information content (AvgIpc) is 3.02. The summed E-state index contributed by atoms with van der Waals surface area (Å²) in [5.74, 6) is 0.434. The third-order valence-electron chi connectivity index (χ3n) is 3.12. The molecule has 1 amide bonds. The van der Waals surface area contributed by atoms with Crippen molar-refractivity contribution in [2.75, 3.05) is 6.54 Å². The van der Waals surface area contributed by atoms with E-state index < -0.39 is 0 Å². The number of aromatic amines is 1. The summed E-state index contributed by atoms with van der Waals surface area (Å²) in [5, 5.41) is 16.8. The second kappa shape index (κ2) is 6.06. The highest BCUT2D eigenvalue weighted by molar-refractivity contribution is 5.93. The zero-order valence-electron chi connectivity index (χ0n) is 11.0. The van der Waals surface area contributed by atoms with Crippen LogP contribution in [0.2, 0.25) is 0 Å². The molecule has 108 valence electrons. The molecule has 3 N–H and O–H groups in total. The Bertz CT molecular complexity index is 607. The standard InChI is InChI=1S/C12H15N5O2.ClH/c1-7-4-8(19-17-7)5-14-12(18)11-9-6-13-3-2-10(9)15-16-11;/h4,13H,2-3,5-6H2,1H3,(H,14,18)(H,15,16);1H. The van der Waals surface area contributed by atoms with Crippen LogP contribution in [0.5, 0.6) is 0 Å². The van der Waals surface area contributed by atoms with E-state index in [1.54, 1.807) is 6.07 Å². The first-order valence-corrected chi connectivity index (χ1v) is 6.21. The summed E-state index contributed by atoms with van der Waals surface area (Å²) in [6, 6.07) is 1.79. The van der Waals surface area contributed by atoms with Gasteiger partial charge >= 0.3 is 0 Å². The third kappa shape index (κ3) is 2.83. The van der Waals surface area contributed by atoms with Crippen molar-refractivity contribution in [3.05, 3.63) is 34.5 Å². The molecule has 0 fully saturated rings. The minimum Gasteiger partial charge on any atom is -0.359 e. The van der Waals surface area contributed by atoms with E-state index in [-0.39, 0.29) is 18.3 Å². The molecule has 7 nitrogen and oxygen atoms in total. The maximum atomic E-state index is 12.1. The number of nitrogens with one attached hydrogen (secondary N) is 3. The van der Waals surface area contributed by atoms with Crippen molar-refractivity contribution >= 4 is 18.3 Å². The Morgan fingerprint density at radius 3 is 3.15 bits per heavy atom. The Kier molecular flexibility index (Phi) is 4.41. The van der Waals surface area contributed by atoms with Crippen LogP contribution in [0.1, 0.15) is 33.2 Å². The van der Waals surface area contributed by atoms with Gasteiger partial charge in [-0.3, -0.25) is 9.89 Å². The van der Waals surface area contributed by atoms with E-state index in [1.807, 2.05) is 6.92 Å². The predicted octanol–water partition coefficient (Wildman–Crippen LogP) is 0.704. The van der Waals surface area contributed by atoms with Crippen LogP contribution < -0.4 is 10.6 Å². The van der Waals surface area contributed by atoms with Crippen LogP contribution >= 0.6 is 12.4 Å². The molecule has 2 aromatic rings. The van der Waals surface area contributed by atoms with Crippen molar-refractivity contribution in [1.82, 2.24) is 26.0 Å². The van der Waals surface area contributed by atoms with Crippen LogP contribution in [0, 0.1) is 6.92 Å². The van der Waals surface area contributed by atoms with Crippen LogP contribution in [0.3, 0.4) is 0 Å². The predicted molar refractivity (Wildman–Crippen MR) is 73.7 cm³/mol.